The van der Waals surface area contributed by atoms with Gasteiger partial charge in [-0.3, -0.25) is 4.68 Å². The molecule has 0 saturated heterocycles. The van der Waals surface area contributed by atoms with Crippen molar-refractivity contribution in [2.75, 3.05) is 5.43 Å². The molecule has 0 atom stereocenters. The average molecular weight is 190 g/mol. The zero-order valence-corrected chi connectivity index (χ0v) is 8.41. The van der Waals surface area contributed by atoms with Gasteiger partial charge in [0, 0.05) is 23.8 Å². The molecule has 0 radical (unpaired) electrons. The van der Waals surface area contributed by atoms with Crippen molar-refractivity contribution in [2.24, 2.45) is 0 Å². The van der Waals surface area contributed by atoms with E-state index in [1.807, 2.05) is 6.20 Å². The summed E-state index contributed by atoms with van der Waals surface area (Å²) in [7, 11) is 0. The lowest BCUT2D eigenvalue weighted by atomic mass is 10.5. The third-order valence-corrected chi connectivity index (χ3v) is 2.23. The maximum absolute atomic E-state index is 4.14. The van der Waals surface area contributed by atoms with Gasteiger partial charge >= 0.3 is 0 Å². The summed E-state index contributed by atoms with van der Waals surface area (Å²) in [5.74, 6) is 0.942. The van der Waals surface area contributed by atoms with Crippen LogP contribution in [0.3, 0.4) is 0 Å². The third-order valence-electron chi connectivity index (χ3n) is 2.23. The minimum absolute atomic E-state index is 0.712. The highest BCUT2D eigenvalue weighted by Gasteiger charge is 2.00. The quantitative estimate of drug-likeness (QED) is 0.771. The first-order chi connectivity index (χ1) is 6.77. The molecule has 14 heavy (non-hydrogen) atoms. The number of aryl methyl sites for hydroxylation is 2. The van der Waals surface area contributed by atoms with E-state index in [0.29, 0.717) is 6.54 Å². The van der Waals surface area contributed by atoms with Gasteiger partial charge in [0.25, 0.3) is 0 Å². The van der Waals surface area contributed by atoms with Crippen LogP contribution >= 0.6 is 0 Å². The minimum Gasteiger partial charge on any atom is -0.347 e. The van der Waals surface area contributed by atoms with Crippen molar-refractivity contribution >= 4 is 0 Å². The molecule has 0 unspecified atom stereocenters. The van der Waals surface area contributed by atoms with E-state index in [1.54, 1.807) is 6.20 Å². The summed E-state index contributed by atoms with van der Waals surface area (Å²) < 4.78 is 2.06. The number of aromatic amines is 1. The highest BCUT2D eigenvalue weighted by Crippen LogP contribution is 2.04. The highest BCUT2D eigenvalue weighted by molar-refractivity contribution is 5.15. The van der Waals surface area contributed by atoms with Gasteiger partial charge < -0.3 is 10.4 Å². The first kappa shape index (κ1) is 8.87. The lowest BCUT2D eigenvalue weighted by Gasteiger charge is -2.10. The Hall–Kier alpha value is -1.71. The summed E-state index contributed by atoms with van der Waals surface area (Å²) in [6.07, 6.45) is 3.58. The normalized spacial score (nSPS) is 10.4. The molecular weight excluding hydrogens is 176 g/mol. The fourth-order valence-electron chi connectivity index (χ4n) is 1.47. The molecule has 2 aromatic heterocycles. The number of nitrogens with zero attached hydrogens (tertiary/aromatic N) is 2. The molecule has 74 valence electrons. The number of imidazole rings is 1. The van der Waals surface area contributed by atoms with E-state index < -0.39 is 0 Å². The lowest BCUT2D eigenvalue weighted by Crippen LogP contribution is -2.17. The van der Waals surface area contributed by atoms with Crippen LogP contribution in [0, 0.1) is 13.8 Å². The maximum atomic E-state index is 4.14. The molecule has 0 fully saturated rings. The van der Waals surface area contributed by atoms with Gasteiger partial charge in [-0.15, -0.1) is 0 Å². The number of H-pyrrole nitrogens is 1. The van der Waals surface area contributed by atoms with Crippen molar-refractivity contribution in [1.82, 2.24) is 14.6 Å². The molecule has 2 aromatic rings. The molecule has 0 aliphatic carbocycles. The molecule has 0 aliphatic heterocycles. The molecule has 0 aliphatic rings. The van der Waals surface area contributed by atoms with Crippen LogP contribution in [0.25, 0.3) is 0 Å². The summed E-state index contributed by atoms with van der Waals surface area (Å²) in [5.41, 5.74) is 5.69. The average Bonchev–Trinajstić information content (AvgIpc) is 2.76. The predicted molar refractivity (Wildman–Crippen MR) is 55.6 cm³/mol. The van der Waals surface area contributed by atoms with Crippen LogP contribution in [0.4, 0.5) is 0 Å². The Morgan fingerprint density at radius 1 is 1.36 bits per heavy atom. The summed E-state index contributed by atoms with van der Waals surface area (Å²) in [6.45, 7) is 4.85. The SMILES string of the molecule is Cc1ccc(C)n1NCc1ncc[nH]1. The minimum atomic E-state index is 0.712. The fraction of sp³-hybridized carbons (Fsp3) is 0.300. The first-order valence-corrected chi connectivity index (χ1v) is 4.64. The number of aromatic nitrogens is 3. The van der Waals surface area contributed by atoms with Crippen LogP contribution in [0.5, 0.6) is 0 Å². The molecule has 0 amide bonds. The zero-order chi connectivity index (χ0) is 9.97. The molecule has 0 bridgehead atoms. The lowest BCUT2D eigenvalue weighted by molar-refractivity contribution is 0.771. The van der Waals surface area contributed by atoms with Crippen molar-refractivity contribution in [3.8, 4) is 0 Å². The molecule has 2 heterocycles. The van der Waals surface area contributed by atoms with Crippen LogP contribution in [0.2, 0.25) is 0 Å². The number of nitrogens with one attached hydrogen (secondary N) is 2. The molecule has 4 heteroatoms. The third kappa shape index (κ3) is 1.64. The van der Waals surface area contributed by atoms with Crippen molar-refractivity contribution in [3.05, 3.63) is 41.7 Å². The smallest absolute Gasteiger partial charge is 0.127 e. The van der Waals surface area contributed by atoms with Gasteiger partial charge in [-0.25, -0.2) is 4.98 Å². The van der Waals surface area contributed by atoms with Crippen LogP contribution in [0.15, 0.2) is 24.5 Å². The largest absolute Gasteiger partial charge is 0.347 e. The van der Waals surface area contributed by atoms with Gasteiger partial charge in [-0.05, 0) is 26.0 Å². The van der Waals surface area contributed by atoms with Crippen LogP contribution in [0.1, 0.15) is 17.2 Å². The molecule has 2 N–H and O–H groups in total. The molecule has 0 aromatic carbocycles. The van der Waals surface area contributed by atoms with E-state index in [1.165, 1.54) is 11.4 Å². The van der Waals surface area contributed by atoms with Crippen molar-refractivity contribution in [3.63, 3.8) is 0 Å². The number of hydrogen-bond donors (Lipinski definition) is 2. The number of rotatable bonds is 3. The molecular formula is C10H14N4. The van der Waals surface area contributed by atoms with E-state index in [0.717, 1.165) is 5.82 Å². The second-order valence-electron chi connectivity index (χ2n) is 3.32. The first-order valence-electron chi connectivity index (χ1n) is 4.64. The highest BCUT2D eigenvalue weighted by atomic mass is 15.4. The molecule has 0 spiro atoms. The van der Waals surface area contributed by atoms with Crippen LogP contribution in [-0.4, -0.2) is 14.6 Å². The Morgan fingerprint density at radius 2 is 2.07 bits per heavy atom. The Labute approximate surface area is 83.0 Å². The van der Waals surface area contributed by atoms with Gasteiger partial charge in [-0.2, -0.15) is 0 Å². The standard InChI is InChI=1S/C10H14N4/c1-8-3-4-9(2)14(8)13-7-10-11-5-6-12-10/h3-6,13H,7H2,1-2H3,(H,11,12). The van der Waals surface area contributed by atoms with Gasteiger partial charge in [0.05, 0.1) is 6.54 Å². The Balaban J connectivity index is 2.05. The molecule has 0 saturated carbocycles. The van der Waals surface area contributed by atoms with Crippen LogP contribution in [-0.2, 0) is 6.54 Å². The van der Waals surface area contributed by atoms with E-state index in [-0.39, 0.29) is 0 Å². The maximum Gasteiger partial charge on any atom is 0.127 e. The Morgan fingerprint density at radius 3 is 2.64 bits per heavy atom. The van der Waals surface area contributed by atoms with E-state index in [9.17, 15) is 0 Å². The van der Waals surface area contributed by atoms with Gasteiger partial charge in [0.2, 0.25) is 0 Å². The molecule has 4 nitrogen and oxygen atoms in total. The fourth-order valence-corrected chi connectivity index (χ4v) is 1.47. The summed E-state index contributed by atoms with van der Waals surface area (Å²) in [4.78, 5) is 7.20. The Bertz CT molecular complexity index is 380. The Kier molecular flexibility index (Phi) is 2.26. The summed E-state index contributed by atoms with van der Waals surface area (Å²) >= 11 is 0. The van der Waals surface area contributed by atoms with Gasteiger partial charge in [-0.1, -0.05) is 0 Å². The van der Waals surface area contributed by atoms with Crippen LogP contribution < -0.4 is 5.43 Å². The second kappa shape index (κ2) is 3.57. The van der Waals surface area contributed by atoms with Gasteiger partial charge in [0.1, 0.15) is 5.82 Å². The van der Waals surface area contributed by atoms with E-state index in [2.05, 4.69) is 46.1 Å². The zero-order valence-electron chi connectivity index (χ0n) is 8.41. The summed E-state index contributed by atoms with van der Waals surface area (Å²) in [6, 6.07) is 4.18. The number of hydrogen-bond acceptors (Lipinski definition) is 2. The van der Waals surface area contributed by atoms with Crippen molar-refractivity contribution in [1.29, 1.82) is 0 Å². The van der Waals surface area contributed by atoms with Crippen molar-refractivity contribution in [2.45, 2.75) is 20.4 Å². The predicted octanol–water partition coefficient (Wildman–Crippen LogP) is 1.57. The second-order valence-corrected chi connectivity index (χ2v) is 3.32. The summed E-state index contributed by atoms with van der Waals surface area (Å²) in [5, 5.41) is 0. The topological polar surface area (TPSA) is 45.6 Å². The molecule has 2 rings (SSSR count). The van der Waals surface area contributed by atoms with Gasteiger partial charge in [0.15, 0.2) is 0 Å². The van der Waals surface area contributed by atoms with E-state index >= 15 is 0 Å². The van der Waals surface area contributed by atoms with E-state index in [4.69, 9.17) is 0 Å². The van der Waals surface area contributed by atoms with Crippen molar-refractivity contribution < 1.29 is 0 Å². The monoisotopic (exact) mass is 190 g/mol.